The Morgan fingerprint density at radius 1 is 1.34 bits per heavy atom. The number of hydrogen-bond acceptors (Lipinski definition) is 6. The highest BCUT2D eigenvalue weighted by Crippen LogP contribution is 2.37. The molecule has 0 atom stereocenters. The summed E-state index contributed by atoms with van der Waals surface area (Å²) in [6.45, 7) is 0. The van der Waals surface area contributed by atoms with Gasteiger partial charge in [-0.2, -0.15) is 5.10 Å². The van der Waals surface area contributed by atoms with E-state index in [-0.39, 0.29) is 11.6 Å². The largest absolute Gasteiger partial charge is 0.496 e. The number of anilines is 1. The van der Waals surface area contributed by atoms with Crippen molar-refractivity contribution in [2.24, 2.45) is 5.10 Å². The molecule has 148 valence electrons. The molecule has 0 unspecified atom stereocenters. The number of para-hydroxylation sites is 1. The lowest BCUT2D eigenvalue weighted by atomic mass is 10.1. The molecule has 1 saturated carbocycles. The van der Waals surface area contributed by atoms with Gasteiger partial charge in [-0.25, -0.2) is 19.2 Å². The Balaban J connectivity index is 1.64. The quantitative estimate of drug-likeness (QED) is 0.452. The molecule has 1 aliphatic rings. The Bertz CT molecular complexity index is 1080. The molecule has 29 heavy (non-hydrogen) atoms. The van der Waals surface area contributed by atoms with E-state index in [0.29, 0.717) is 10.7 Å². The van der Waals surface area contributed by atoms with Crippen molar-refractivity contribution in [2.75, 3.05) is 12.1 Å². The van der Waals surface area contributed by atoms with Gasteiger partial charge in [-0.15, -0.1) is 11.3 Å². The van der Waals surface area contributed by atoms with E-state index >= 15 is 0 Å². The summed E-state index contributed by atoms with van der Waals surface area (Å²) in [5.41, 5.74) is 1.89. The summed E-state index contributed by atoms with van der Waals surface area (Å²) in [4.78, 5) is 16.1. The Kier molecular flexibility index (Phi) is 5.26. The Labute approximate surface area is 170 Å². The van der Waals surface area contributed by atoms with Crippen LogP contribution in [0.2, 0.25) is 0 Å². The van der Waals surface area contributed by atoms with E-state index in [1.807, 2.05) is 29.6 Å². The molecule has 1 heterocycles. The third-order valence-corrected chi connectivity index (χ3v) is 5.36. The van der Waals surface area contributed by atoms with Crippen LogP contribution in [0.15, 0.2) is 52.9 Å². The third-order valence-electron chi connectivity index (χ3n) is 4.53. The fourth-order valence-corrected chi connectivity index (χ4v) is 3.77. The number of ether oxygens (including phenoxy) is 1. The van der Waals surface area contributed by atoms with E-state index in [1.165, 1.54) is 29.7 Å². The van der Waals surface area contributed by atoms with Crippen molar-refractivity contribution in [2.45, 2.75) is 18.9 Å². The lowest BCUT2D eigenvalue weighted by Crippen LogP contribution is -2.19. The minimum absolute atomic E-state index is 0.127. The summed E-state index contributed by atoms with van der Waals surface area (Å²) in [6.07, 6.45) is 3.41. The molecule has 2 aromatic carbocycles. The summed E-state index contributed by atoms with van der Waals surface area (Å²) < 4.78 is 18.8. The van der Waals surface area contributed by atoms with Gasteiger partial charge in [0.25, 0.3) is 0 Å². The van der Waals surface area contributed by atoms with E-state index in [1.54, 1.807) is 12.1 Å². The second-order valence-electron chi connectivity index (χ2n) is 6.57. The van der Waals surface area contributed by atoms with Gasteiger partial charge in [-0.1, -0.05) is 12.1 Å². The standard InChI is InChI=1S/C21H18FN3O3S/c1-28-19-5-3-2-4-16(19)18-12-29-21(24-18)25(15-8-9-15)23-11-13-6-7-14(22)10-17(13)20(26)27/h2-7,10-12,15H,8-9H2,1H3,(H,26,27). The van der Waals surface area contributed by atoms with E-state index in [4.69, 9.17) is 9.72 Å². The van der Waals surface area contributed by atoms with Crippen LogP contribution in [0.3, 0.4) is 0 Å². The predicted octanol–water partition coefficient (Wildman–Crippen LogP) is 4.66. The van der Waals surface area contributed by atoms with Crippen LogP contribution in [0.1, 0.15) is 28.8 Å². The Morgan fingerprint density at radius 3 is 2.86 bits per heavy atom. The number of halogens is 1. The number of thiazole rings is 1. The molecular weight excluding hydrogens is 393 g/mol. The first kappa shape index (κ1) is 19.1. The van der Waals surface area contributed by atoms with E-state index in [2.05, 4.69) is 5.10 Å². The molecule has 0 aliphatic heterocycles. The van der Waals surface area contributed by atoms with Crippen LogP contribution < -0.4 is 9.75 Å². The number of aromatic nitrogens is 1. The zero-order valence-corrected chi connectivity index (χ0v) is 16.4. The summed E-state index contributed by atoms with van der Waals surface area (Å²) in [5.74, 6) is -1.06. The van der Waals surface area contributed by atoms with E-state index in [0.717, 1.165) is 35.9 Å². The maximum atomic E-state index is 13.4. The molecule has 0 saturated heterocycles. The highest BCUT2D eigenvalue weighted by molar-refractivity contribution is 7.14. The van der Waals surface area contributed by atoms with Gasteiger partial charge in [0.05, 0.1) is 30.6 Å². The van der Waals surface area contributed by atoms with Crippen LogP contribution >= 0.6 is 11.3 Å². The predicted molar refractivity (Wildman–Crippen MR) is 111 cm³/mol. The number of hydrogen-bond donors (Lipinski definition) is 1. The van der Waals surface area contributed by atoms with Crippen LogP contribution in [-0.2, 0) is 0 Å². The number of hydrazone groups is 1. The molecule has 0 amide bonds. The van der Waals surface area contributed by atoms with Gasteiger partial charge in [0.1, 0.15) is 11.6 Å². The molecule has 1 N–H and O–H groups in total. The smallest absolute Gasteiger partial charge is 0.336 e. The molecule has 6 nitrogen and oxygen atoms in total. The molecule has 4 rings (SSSR count). The van der Waals surface area contributed by atoms with Gasteiger partial charge < -0.3 is 9.84 Å². The Hall–Kier alpha value is -3.26. The lowest BCUT2D eigenvalue weighted by molar-refractivity contribution is 0.0696. The van der Waals surface area contributed by atoms with Crippen LogP contribution in [0.25, 0.3) is 11.3 Å². The van der Waals surface area contributed by atoms with Crippen LogP contribution in [0.5, 0.6) is 5.75 Å². The van der Waals surface area contributed by atoms with Crippen molar-refractivity contribution in [1.29, 1.82) is 0 Å². The summed E-state index contributed by atoms with van der Waals surface area (Å²) in [5, 5.41) is 18.3. The van der Waals surface area contributed by atoms with Crippen molar-refractivity contribution in [3.05, 3.63) is 64.8 Å². The number of methoxy groups -OCH3 is 1. The summed E-state index contributed by atoms with van der Waals surface area (Å²) in [7, 11) is 1.62. The third kappa shape index (κ3) is 4.12. The van der Waals surface area contributed by atoms with Crippen LogP contribution in [0.4, 0.5) is 9.52 Å². The molecule has 0 bridgehead atoms. The fraction of sp³-hybridized carbons (Fsp3) is 0.190. The molecule has 1 fully saturated rings. The average Bonchev–Trinajstić information content (AvgIpc) is 3.45. The molecule has 3 aromatic rings. The van der Waals surface area contributed by atoms with Crippen molar-refractivity contribution >= 4 is 28.7 Å². The molecule has 0 radical (unpaired) electrons. The highest BCUT2D eigenvalue weighted by atomic mass is 32.1. The zero-order valence-electron chi connectivity index (χ0n) is 15.6. The zero-order chi connectivity index (χ0) is 20.4. The van der Waals surface area contributed by atoms with Gasteiger partial charge in [0.2, 0.25) is 5.13 Å². The first-order valence-electron chi connectivity index (χ1n) is 9.02. The van der Waals surface area contributed by atoms with Crippen LogP contribution in [0, 0.1) is 5.82 Å². The molecule has 1 aliphatic carbocycles. The maximum Gasteiger partial charge on any atom is 0.336 e. The number of aromatic carboxylic acids is 1. The lowest BCUT2D eigenvalue weighted by Gasteiger charge is -2.15. The van der Waals surface area contributed by atoms with Crippen LogP contribution in [-0.4, -0.2) is 35.4 Å². The number of rotatable bonds is 7. The number of benzene rings is 2. The van der Waals surface area contributed by atoms with Gasteiger partial charge in [-0.3, -0.25) is 0 Å². The van der Waals surface area contributed by atoms with Crippen molar-refractivity contribution in [3.63, 3.8) is 0 Å². The summed E-state index contributed by atoms with van der Waals surface area (Å²) in [6, 6.07) is 11.5. The minimum atomic E-state index is -1.20. The highest BCUT2D eigenvalue weighted by Gasteiger charge is 2.31. The number of carbonyl (C=O) groups is 1. The number of nitrogens with zero attached hydrogens (tertiary/aromatic N) is 3. The number of carboxylic acid groups (broad SMARTS) is 1. The molecular formula is C21H18FN3O3S. The van der Waals surface area contributed by atoms with Gasteiger partial charge >= 0.3 is 5.97 Å². The van der Waals surface area contributed by atoms with Gasteiger partial charge in [-0.05, 0) is 43.2 Å². The normalized spacial score (nSPS) is 13.6. The second-order valence-corrected chi connectivity index (χ2v) is 7.41. The molecule has 0 spiro atoms. The Morgan fingerprint density at radius 2 is 2.14 bits per heavy atom. The molecule has 1 aromatic heterocycles. The monoisotopic (exact) mass is 411 g/mol. The van der Waals surface area contributed by atoms with E-state index < -0.39 is 11.8 Å². The van der Waals surface area contributed by atoms with E-state index in [9.17, 15) is 14.3 Å². The fourth-order valence-electron chi connectivity index (χ4n) is 2.92. The topological polar surface area (TPSA) is 75.0 Å². The van der Waals surface area contributed by atoms with Gasteiger partial charge in [0, 0.05) is 16.5 Å². The van der Waals surface area contributed by atoms with Gasteiger partial charge in [0.15, 0.2) is 0 Å². The number of carboxylic acids is 1. The average molecular weight is 411 g/mol. The first-order valence-corrected chi connectivity index (χ1v) is 9.90. The minimum Gasteiger partial charge on any atom is -0.496 e. The van der Waals surface area contributed by atoms with Crippen molar-refractivity contribution < 1.29 is 19.0 Å². The second kappa shape index (κ2) is 8.00. The SMILES string of the molecule is COc1ccccc1-c1csc(N(N=Cc2ccc(F)cc2C(=O)O)C2CC2)n1. The molecule has 8 heteroatoms. The summed E-state index contributed by atoms with van der Waals surface area (Å²) >= 11 is 1.46. The van der Waals surface area contributed by atoms with Crippen molar-refractivity contribution in [3.8, 4) is 17.0 Å². The van der Waals surface area contributed by atoms with Crippen molar-refractivity contribution in [1.82, 2.24) is 4.98 Å². The maximum absolute atomic E-state index is 13.4. The first-order chi connectivity index (χ1) is 14.1.